The average Bonchev–Trinajstić information content (AvgIpc) is 2.28. The number of sulfonamides is 1. The van der Waals surface area contributed by atoms with E-state index in [2.05, 4.69) is 21.2 Å². The number of nitrogens with zero attached hydrogens (tertiary/aromatic N) is 1. The smallest absolute Gasteiger partial charge is 0.246 e. The number of piperazine rings is 1. The monoisotopic (exact) mass is 373 g/mol. The molecule has 2 N–H and O–H groups in total. The molecule has 0 radical (unpaired) electrons. The SMILES string of the molecule is O=S(=O)(c1c(Cl)cc(Br)cc1Cl)N1CC[NH2+]CC1. The Morgan fingerprint density at radius 3 is 2.17 bits per heavy atom. The van der Waals surface area contributed by atoms with Gasteiger partial charge in [-0.25, -0.2) is 8.42 Å². The fraction of sp³-hybridized carbons (Fsp3) is 0.400. The second kappa shape index (κ2) is 5.64. The van der Waals surface area contributed by atoms with Gasteiger partial charge < -0.3 is 5.32 Å². The Balaban J connectivity index is 2.47. The molecule has 0 amide bonds. The number of benzene rings is 1. The van der Waals surface area contributed by atoms with Crippen LogP contribution in [0.5, 0.6) is 0 Å². The van der Waals surface area contributed by atoms with E-state index in [4.69, 9.17) is 23.2 Å². The van der Waals surface area contributed by atoms with Crippen molar-refractivity contribution in [2.75, 3.05) is 26.2 Å². The summed E-state index contributed by atoms with van der Waals surface area (Å²) in [6.07, 6.45) is 0. The van der Waals surface area contributed by atoms with E-state index in [0.717, 1.165) is 13.1 Å². The zero-order chi connectivity index (χ0) is 13.3. The van der Waals surface area contributed by atoms with E-state index < -0.39 is 10.0 Å². The Morgan fingerprint density at radius 1 is 1.17 bits per heavy atom. The minimum atomic E-state index is -3.61. The van der Waals surface area contributed by atoms with Gasteiger partial charge in [0, 0.05) is 4.47 Å². The minimum Gasteiger partial charge on any atom is -0.344 e. The summed E-state index contributed by atoms with van der Waals surface area (Å²) < 4.78 is 27.0. The standard InChI is InChI=1S/C10H11BrCl2N2O2S/c11-7-5-8(12)10(9(13)6-7)18(16,17)15-3-1-14-2-4-15/h5-6,14H,1-4H2/p+1. The van der Waals surface area contributed by atoms with Crippen molar-refractivity contribution < 1.29 is 13.7 Å². The van der Waals surface area contributed by atoms with E-state index in [1.165, 1.54) is 16.4 Å². The fourth-order valence-corrected chi connectivity index (χ4v) is 5.23. The lowest BCUT2D eigenvalue weighted by molar-refractivity contribution is -0.661. The van der Waals surface area contributed by atoms with Crippen LogP contribution in [0.2, 0.25) is 10.0 Å². The van der Waals surface area contributed by atoms with Crippen LogP contribution in [0.4, 0.5) is 0 Å². The molecule has 2 rings (SSSR count). The number of halogens is 3. The normalized spacial score (nSPS) is 17.9. The van der Waals surface area contributed by atoms with Gasteiger partial charge in [-0.15, -0.1) is 0 Å². The van der Waals surface area contributed by atoms with Gasteiger partial charge in [-0.05, 0) is 12.1 Å². The van der Waals surface area contributed by atoms with Crippen molar-refractivity contribution in [2.24, 2.45) is 0 Å². The van der Waals surface area contributed by atoms with E-state index in [-0.39, 0.29) is 14.9 Å². The quantitative estimate of drug-likeness (QED) is 0.848. The Hall–Kier alpha value is 0.150. The summed E-state index contributed by atoms with van der Waals surface area (Å²) in [7, 11) is -3.61. The summed E-state index contributed by atoms with van der Waals surface area (Å²) in [6.45, 7) is 2.46. The average molecular weight is 375 g/mol. The Morgan fingerprint density at radius 2 is 1.67 bits per heavy atom. The van der Waals surface area contributed by atoms with Crippen molar-refractivity contribution in [1.29, 1.82) is 0 Å². The lowest BCUT2D eigenvalue weighted by Gasteiger charge is -2.25. The molecule has 1 aliphatic rings. The molecule has 0 atom stereocenters. The third-order valence-corrected chi connectivity index (χ3v) is 6.01. The molecule has 18 heavy (non-hydrogen) atoms. The van der Waals surface area contributed by atoms with E-state index in [1.807, 2.05) is 0 Å². The van der Waals surface area contributed by atoms with Crippen LogP contribution >= 0.6 is 39.1 Å². The first kappa shape index (κ1) is 14.6. The molecule has 0 saturated carbocycles. The number of hydrogen-bond acceptors (Lipinski definition) is 2. The lowest BCUT2D eigenvalue weighted by atomic mass is 10.4. The topological polar surface area (TPSA) is 54.0 Å². The van der Waals surface area contributed by atoms with Gasteiger partial charge in [0.1, 0.15) is 4.90 Å². The van der Waals surface area contributed by atoms with Gasteiger partial charge in [0.05, 0.1) is 36.2 Å². The van der Waals surface area contributed by atoms with Crippen molar-refractivity contribution in [2.45, 2.75) is 4.90 Å². The van der Waals surface area contributed by atoms with Crippen LogP contribution in [0.1, 0.15) is 0 Å². The van der Waals surface area contributed by atoms with Gasteiger partial charge in [0.2, 0.25) is 10.0 Å². The molecule has 0 aliphatic carbocycles. The van der Waals surface area contributed by atoms with Crippen molar-refractivity contribution in [3.63, 3.8) is 0 Å². The highest BCUT2D eigenvalue weighted by atomic mass is 79.9. The second-order valence-corrected chi connectivity index (χ2v) is 7.57. The fourth-order valence-electron chi connectivity index (χ4n) is 1.87. The van der Waals surface area contributed by atoms with Crippen molar-refractivity contribution in [1.82, 2.24) is 4.31 Å². The zero-order valence-corrected chi connectivity index (χ0v) is 13.3. The molecule has 1 heterocycles. The van der Waals surface area contributed by atoms with Gasteiger partial charge >= 0.3 is 0 Å². The highest BCUT2D eigenvalue weighted by Crippen LogP contribution is 2.34. The maximum absolute atomic E-state index is 12.5. The van der Waals surface area contributed by atoms with Crippen LogP contribution in [0, 0.1) is 0 Å². The number of rotatable bonds is 2. The summed E-state index contributed by atoms with van der Waals surface area (Å²) >= 11 is 15.2. The maximum atomic E-state index is 12.5. The molecule has 1 aromatic carbocycles. The number of quaternary nitrogens is 1. The van der Waals surface area contributed by atoms with Crippen LogP contribution < -0.4 is 5.32 Å². The van der Waals surface area contributed by atoms with Crippen LogP contribution in [0.3, 0.4) is 0 Å². The van der Waals surface area contributed by atoms with Crippen LogP contribution in [-0.4, -0.2) is 38.9 Å². The van der Waals surface area contributed by atoms with E-state index in [1.54, 1.807) is 0 Å². The predicted octanol–water partition coefficient (Wildman–Crippen LogP) is 1.32. The largest absolute Gasteiger partial charge is 0.344 e. The van der Waals surface area contributed by atoms with E-state index in [0.29, 0.717) is 17.6 Å². The third-order valence-electron chi connectivity index (χ3n) is 2.73. The first-order chi connectivity index (χ1) is 8.43. The molecule has 1 aromatic rings. The highest BCUT2D eigenvalue weighted by Gasteiger charge is 2.31. The van der Waals surface area contributed by atoms with Gasteiger partial charge in [0.15, 0.2) is 0 Å². The lowest BCUT2D eigenvalue weighted by Crippen LogP contribution is -2.89. The first-order valence-corrected chi connectivity index (χ1v) is 8.38. The van der Waals surface area contributed by atoms with Crippen molar-refractivity contribution >= 4 is 49.2 Å². The molecule has 100 valence electrons. The molecular formula is C10H12BrCl2N2O2S+. The number of nitrogens with two attached hydrogens (primary N) is 1. The molecule has 1 aliphatic heterocycles. The van der Waals surface area contributed by atoms with Gasteiger partial charge in [-0.2, -0.15) is 4.31 Å². The van der Waals surface area contributed by atoms with Crippen LogP contribution in [0.15, 0.2) is 21.5 Å². The van der Waals surface area contributed by atoms with E-state index in [9.17, 15) is 8.42 Å². The summed E-state index contributed by atoms with van der Waals surface area (Å²) in [5.74, 6) is 0. The predicted molar refractivity (Wildman–Crippen MR) is 74.6 cm³/mol. The summed E-state index contributed by atoms with van der Waals surface area (Å²) in [6, 6.07) is 3.08. The molecule has 0 bridgehead atoms. The molecule has 0 spiro atoms. The summed E-state index contributed by atoms with van der Waals surface area (Å²) in [4.78, 5) is -0.00377. The molecule has 1 saturated heterocycles. The molecule has 4 nitrogen and oxygen atoms in total. The highest BCUT2D eigenvalue weighted by molar-refractivity contribution is 9.10. The van der Waals surface area contributed by atoms with Gasteiger partial charge in [-0.1, -0.05) is 39.1 Å². The van der Waals surface area contributed by atoms with Crippen molar-refractivity contribution in [3.05, 3.63) is 26.7 Å². The minimum absolute atomic E-state index is 0.00377. The van der Waals surface area contributed by atoms with Gasteiger partial charge in [0.25, 0.3) is 0 Å². The van der Waals surface area contributed by atoms with Crippen LogP contribution in [-0.2, 0) is 10.0 Å². The van der Waals surface area contributed by atoms with Crippen LogP contribution in [0.25, 0.3) is 0 Å². The Bertz CT molecular complexity index is 536. The molecular weight excluding hydrogens is 363 g/mol. The first-order valence-electron chi connectivity index (χ1n) is 5.39. The number of hydrogen-bond donors (Lipinski definition) is 1. The molecule has 8 heteroatoms. The Kier molecular flexibility index (Phi) is 4.57. The molecule has 0 unspecified atom stereocenters. The van der Waals surface area contributed by atoms with E-state index >= 15 is 0 Å². The molecule has 0 aromatic heterocycles. The summed E-state index contributed by atoms with van der Waals surface area (Å²) in [5.41, 5.74) is 0. The third kappa shape index (κ3) is 2.84. The molecule has 1 fully saturated rings. The zero-order valence-electron chi connectivity index (χ0n) is 9.37. The second-order valence-electron chi connectivity index (χ2n) is 3.97. The Labute approximate surface area is 124 Å². The van der Waals surface area contributed by atoms with Gasteiger partial charge in [-0.3, -0.25) is 0 Å². The summed E-state index contributed by atoms with van der Waals surface area (Å²) in [5, 5.41) is 2.37. The van der Waals surface area contributed by atoms with Crippen molar-refractivity contribution in [3.8, 4) is 0 Å². The maximum Gasteiger partial charge on any atom is 0.246 e.